The standard InChI is InChI=1S/C17H18ClNOS/c1-13(21-16-9-7-15(18)8-10-16)17(20)19-12-11-14-5-3-2-4-6-14/h2-10,13H,11-12H2,1H3,(H,19,20)/t13-/m0/s1. The van der Waals surface area contributed by atoms with Crippen LogP contribution < -0.4 is 5.32 Å². The first-order valence-electron chi connectivity index (χ1n) is 6.89. The lowest BCUT2D eigenvalue weighted by atomic mass is 10.1. The Kier molecular flexibility index (Phi) is 6.15. The zero-order valence-corrected chi connectivity index (χ0v) is 13.5. The quantitative estimate of drug-likeness (QED) is 0.809. The van der Waals surface area contributed by atoms with Crippen LogP contribution in [0.25, 0.3) is 0 Å². The van der Waals surface area contributed by atoms with E-state index < -0.39 is 0 Å². The van der Waals surface area contributed by atoms with Gasteiger partial charge in [-0.1, -0.05) is 41.9 Å². The van der Waals surface area contributed by atoms with E-state index in [1.807, 2.05) is 49.4 Å². The van der Waals surface area contributed by atoms with Gasteiger partial charge in [-0.25, -0.2) is 0 Å². The SMILES string of the molecule is C[C@H](Sc1ccc(Cl)cc1)C(=O)NCCc1ccccc1. The molecule has 0 aliphatic heterocycles. The second kappa shape index (κ2) is 8.11. The Balaban J connectivity index is 1.76. The number of halogens is 1. The number of benzene rings is 2. The van der Waals surface area contributed by atoms with Crippen molar-refractivity contribution in [2.45, 2.75) is 23.5 Å². The number of amides is 1. The summed E-state index contributed by atoms with van der Waals surface area (Å²) in [5, 5.41) is 3.56. The first-order chi connectivity index (χ1) is 10.1. The molecule has 2 aromatic rings. The van der Waals surface area contributed by atoms with E-state index in [4.69, 9.17) is 11.6 Å². The van der Waals surface area contributed by atoms with Gasteiger partial charge < -0.3 is 5.32 Å². The average Bonchev–Trinajstić information content (AvgIpc) is 2.50. The molecular formula is C17H18ClNOS. The molecule has 0 radical (unpaired) electrons. The van der Waals surface area contributed by atoms with Crippen molar-refractivity contribution in [3.63, 3.8) is 0 Å². The molecule has 21 heavy (non-hydrogen) atoms. The van der Waals surface area contributed by atoms with Crippen LogP contribution in [-0.4, -0.2) is 17.7 Å². The highest BCUT2D eigenvalue weighted by molar-refractivity contribution is 8.00. The third kappa shape index (κ3) is 5.44. The van der Waals surface area contributed by atoms with E-state index in [1.54, 1.807) is 0 Å². The monoisotopic (exact) mass is 319 g/mol. The summed E-state index contributed by atoms with van der Waals surface area (Å²) >= 11 is 7.38. The predicted molar refractivity (Wildman–Crippen MR) is 89.9 cm³/mol. The van der Waals surface area contributed by atoms with Gasteiger partial charge in [0.2, 0.25) is 5.91 Å². The maximum absolute atomic E-state index is 12.0. The van der Waals surface area contributed by atoms with E-state index in [1.165, 1.54) is 17.3 Å². The predicted octanol–water partition coefficient (Wildman–Crippen LogP) is 4.18. The van der Waals surface area contributed by atoms with Gasteiger partial charge in [0.15, 0.2) is 0 Å². The van der Waals surface area contributed by atoms with Crippen LogP contribution in [0, 0.1) is 0 Å². The van der Waals surface area contributed by atoms with Crippen molar-refractivity contribution in [1.29, 1.82) is 0 Å². The molecule has 2 rings (SSSR count). The first-order valence-corrected chi connectivity index (χ1v) is 8.15. The summed E-state index contributed by atoms with van der Waals surface area (Å²) in [5.41, 5.74) is 1.23. The molecule has 0 saturated carbocycles. The number of thioether (sulfide) groups is 1. The van der Waals surface area contributed by atoms with Gasteiger partial charge in [0.25, 0.3) is 0 Å². The number of nitrogens with one attached hydrogen (secondary N) is 1. The van der Waals surface area contributed by atoms with Crippen molar-refractivity contribution in [3.05, 3.63) is 65.2 Å². The Labute approximate surface area is 134 Å². The summed E-state index contributed by atoms with van der Waals surface area (Å²) in [6.07, 6.45) is 0.852. The molecular weight excluding hydrogens is 302 g/mol. The van der Waals surface area contributed by atoms with Gasteiger partial charge in [0.05, 0.1) is 5.25 Å². The largest absolute Gasteiger partial charge is 0.355 e. The smallest absolute Gasteiger partial charge is 0.233 e. The van der Waals surface area contributed by atoms with Gasteiger partial charge in [-0.2, -0.15) is 0 Å². The summed E-state index contributed by atoms with van der Waals surface area (Å²) < 4.78 is 0. The highest BCUT2D eigenvalue weighted by atomic mass is 35.5. The summed E-state index contributed by atoms with van der Waals surface area (Å²) in [5.74, 6) is 0.0610. The van der Waals surface area contributed by atoms with Crippen molar-refractivity contribution in [1.82, 2.24) is 5.32 Å². The summed E-state index contributed by atoms with van der Waals surface area (Å²) in [6.45, 7) is 2.57. The molecule has 1 atom stereocenters. The highest BCUT2D eigenvalue weighted by Gasteiger charge is 2.13. The third-order valence-corrected chi connectivity index (χ3v) is 4.42. The van der Waals surface area contributed by atoms with Crippen LogP contribution in [0.15, 0.2) is 59.5 Å². The lowest BCUT2D eigenvalue weighted by Crippen LogP contribution is -2.32. The first kappa shape index (κ1) is 15.9. The molecule has 0 bridgehead atoms. The average molecular weight is 320 g/mol. The van der Waals surface area contributed by atoms with E-state index in [-0.39, 0.29) is 11.2 Å². The molecule has 110 valence electrons. The normalized spacial score (nSPS) is 11.9. The fraction of sp³-hybridized carbons (Fsp3) is 0.235. The minimum Gasteiger partial charge on any atom is -0.355 e. The molecule has 0 saturated heterocycles. The number of hydrogen-bond acceptors (Lipinski definition) is 2. The Bertz CT molecular complexity index is 571. The zero-order chi connectivity index (χ0) is 15.1. The molecule has 0 aromatic heterocycles. The number of rotatable bonds is 6. The summed E-state index contributed by atoms with van der Waals surface area (Å²) in [7, 11) is 0. The molecule has 4 heteroatoms. The van der Waals surface area contributed by atoms with Crippen LogP contribution >= 0.6 is 23.4 Å². The Morgan fingerprint density at radius 2 is 1.81 bits per heavy atom. The fourth-order valence-corrected chi connectivity index (χ4v) is 2.91. The Hall–Kier alpha value is -1.45. The van der Waals surface area contributed by atoms with Gasteiger partial charge >= 0.3 is 0 Å². The minimum absolute atomic E-state index is 0.0610. The van der Waals surface area contributed by atoms with E-state index >= 15 is 0 Å². The molecule has 0 heterocycles. The summed E-state index contributed by atoms with van der Waals surface area (Å²) in [6, 6.07) is 17.7. The van der Waals surface area contributed by atoms with Gasteiger partial charge in [-0.15, -0.1) is 11.8 Å². The fourth-order valence-electron chi connectivity index (χ4n) is 1.89. The molecule has 0 spiro atoms. The molecule has 2 aromatic carbocycles. The molecule has 0 fully saturated rings. The Morgan fingerprint density at radius 1 is 1.14 bits per heavy atom. The second-order valence-electron chi connectivity index (χ2n) is 4.74. The van der Waals surface area contributed by atoms with Gasteiger partial charge in [-0.05, 0) is 43.2 Å². The zero-order valence-electron chi connectivity index (χ0n) is 11.9. The molecule has 2 nitrogen and oxygen atoms in total. The molecule has 0 unspecified atom stereocenters. The molecule has 1 amide bonds. The van der Waals surface area contributed by atoms with Crippen LogP contribution in [-0.2, 0) is 11.2 Å². The van der Waals surface area contributed by atoms with Crippen molar-refractivity contribution in [2.24, 2.45) is 0 Å². The number of carbonyl (C=O) groups is 1. The van der Waals surface area contributed by atoms with Gasteiger partial charge in [0.1, 0.15) is 0 Å². The molecule has 0 aliphatic rings. The number of hydrogen-bond donors (Lipinski definition) is 1. The van der Waals surface area contributed by atoms with Crippen LogP contribution in [0.1, 0.15) is 12.5 Å². The van der Waals surface area contributed by atoms with Crippen molar-refractivity contribution in [3.8, 4) is 0 Å². The van der Waals surface area contributed by atoms with E-state index in [0.717, 1.165) is 11.3 Å². The summed E-state index contributed by atoms with van der Waals surface area (Å²) in [4.78, 5) is 13.1. The van der Waals surface area contributed by atoms with Crippen LogP contribution in [0.3, 0.4) is 0 Å². The van der Waals surface area contributed by atoms with E-state index in [0.29, 0.717) is 11.6 Å². The topological polar surface area (TPSA) is 29.1 Å². The van der Waals surface area contributed by atoms with E-state index in [2.05, 4.69) is 17.4 Å². The highest BCUT2D eigenvalue weighted by Crippen LogP contribution is 2.24. The second-order valence-corrected chi connectivity index (χ2v) is 6.59. The van der Waals surface area contributed by atoms with Crippen LogP contribution in [0.5, 0.6) is 0 Å². The third-order valence-electron chi connectivity index (χ3n) is 3.05. The van der Waals surface area contributed by atoms with E-state index in [9.17, 15) is 4.79 Å². The lowest BCUT2D eigenvalue weighted by Gasteiger charge is -2.12. The lowest BCUT2D eigenvalue weighted by molar-refractivity contribution is -0.120. The van der Waals surface area contributed by atoms with Crippen molar-refractivity contribution < 1.29 is 4.79 Å². The number of carbonyl (C=O) groups excluding carboxylic acids is 1. The van der Waals surface area contributed by atoms with Gasteiger partial charge in [-0.3, -0.25) is 4.79 Å². The Morgan fingerprint density at radius 3 is 2.48 bits per heavy atom. The van der Waals surface area contributed by atoms with Gasteiger partial charge in [0, 0.05) is 16.5 Å². The molecule has 0 aliphatic carbocycles. The molecule has 1 N–H and O–H groups in total. The van der Waals surface area contributed by atoms with Crippen molar-refractivity contribution in [2.75, 3.05) is 6.54 Å². The minimum atomic E-state index is -0.123. The van der Waals surface area contributed by atoms with Crippen LogP contribution in [0.2, 0.25) is 5.02 Å². The van der Waals surface area contributed by atoms with Crippen LogP contribution in [0.4, 0.5) is 0 Å². The maximum Gasteiger partial charge on any atom is 0.233 e. The van der Waals surface area contributed by atoms with Crippen molar-refractivity contribution >= 4 is 29.3 Å². The maximum atomic E-state index is 12.0.